The van der Waals surface area contributed by atoms with Crippen LogP contribution in [0.5, 0.6) is 0 Å². The number of nitrogens with zero attached hydrogens (tertiary/aromatic N) is 2. The summed E-state index contributed by atoms with van der Waals surface area (Å²) in [5, 5.41) is 6.79. The Morgan fingerprint density at radius 1 is 0.957 bits per heavy atom. The molecule has 0 amide bonds. The molecular weight excluding hydrogens is 284 g/mol. The van der Waals surface area contributed by atoms with Crippen LogP contribution in [0.4, 0.5) is 11.6 Å². The monoisotopic (exact) mass is 312 g/mol. The Morgan fingerprint density at radius 2 is 1.61 bits per heavy atom. The molecule has 1 aromatic carbocycles. The van der Waals surface area contributed by atoms with Crippen molar-refractivity contribution in [3.05, 3.63) is 47.8 Å². The van der Waals surface area contributed by atoms with E-state index in [4.69, 9.17) is 0 Å². The first kappa shape index (κ1) is 17.3. The van der Waals surface area contributed by atoms with Gasteiger partial charge in [-0.1, -0.05) is 44.2 Å². The number of aromatic nitrogens is 2. The van der Waals surface area contributed by atoms with Gasteiger partial charge in [0.15, 0.2) is 0 Å². The van der Waals surface area contributed by atoms with Gasteiger partial charge in [0.25, 0.3) is 0 Å². The summed E-state index contributed by atoms with van der Waals surface area (Å²) >= 11 is 0. The standard InChI is InChI=1S/C19H28N4/c1-15(2)11-13-21-19-14-18(22-16(3)23-19)20-12-7-10-17-8-5-4-6-9-17/h4-6,8-9,14-15H,7,10-13H2,1-3H3,(H2,20,21,22,23). The number of benzene rings is 1. The highest BCUT2D eigenvalue weighted by atomic mass is 15.1. The summed E-state index contributed by atoms with van der Waals surface area (Å²) in [6.07, 6.45) is 3.31. The van der Waals surface area contributed by atoms with Crippen molar-refractivity contribution in [1.29, 1.82) is 0 Å². The predicted octanol–water partition coefficient (Wildman–Crippen LogP) is 4.29. The van der Waals surface area contributed by atoms with Crippen molar-refractivity contribution in [3.63, 3.8) is 0 Å². The van der Waals surface area contributed by atoms with E-state index in [0.29, 0.717) is 5.92 Å². The molecule has 0 saturated carbocycles. The van der Waals surface area contributed by atoms with Crippen molar-refractivity contribution >= 4 is 11.6 Å². The topological polar surface area (TPSA) is 49.8 Å². The van der Waals surface area contributed by atoms with Gasteiger partial charge in [-0.05, 0) is 37.7 Å². The van der Waals surface area contributed by atoms with Crippen molar-refractivity contribution in [3.8, 4) is 0 Å². The van der Waals surface area contributed by atoms with Gasteiger partial charge in [0, 0.05) is 19.2 Å². The Balaban J connectivity index is 1.79. The molecule has 0 radical (unpaired) electrons. The Labute approximate surface area is 139 Å². The molecule has 0 aliphatic rings. The molecule has 23 heavy (non-hydrogen) atoms. The van der Waals surface area contributed by atoms with Crippen LogP contribution in [-0.2, 0) is 6.42 Å². The molecule has 1 aromatic heterocycles. The van der Waals surface area contributed by atoms with E-state index >= 15 is 0 Å². The van der Waals surface area contributed by atoms with Crippen molar-refractivity contribution in [2.45, 2.75) is 40.0 Å². The maximum absolute atomic E-state index is 4.46. The lowest BCUT2D eigenvalue weighted by Crippen LogP contribution is -2.10. The number of nitrogens with one attached hydrogen (secondary N) is 2. The fraction of sp³-hybridized carbons (Fsp3) is 0.474. The second-order valence-corrected chi connectivity index (χ2v) is 6.31. The summed E-state index contributed by atoms with van der Waals surface area (Å²) < 4.78 is 0. The van der Waals surface area contributed by atoms with Crippen LogP contribution in [0.3, 0.4) is 0 Å². The largest absolute Gasteiger partial charge is 0.370 e. The van der Waals surface area contributed by atoms with E-state index in [1.165, 1.54) is 5.56 Å². The average Bonchev–Trinajstić information content (AvgIpc) is 2.52. The van der Waals surface area contributed by atoms with Crippen molar-refractivity contribution < 1.29 is 0 Å². The van der Waals surface area contributed by atoms with Crippen LogP contribution in [0.25, 0.3) is 0 Å². The van der Waals surface area contributed by atoms with E-state index in [0.717, 1.165) is 49.8 Å². The normalized spacial score (nSPS) is 10.8. The van der Waals surface area contributed by atoms with E-state index in [1.807, 2.05) is 13.0 Å². The first-order valence-corrected chi connectivity index (χ1v) is 8.51. The molecule has 0 saturated heterocycles. The fourth-order valence-electron chi connectivity index (χ4n) is 2.39. The van der Waals surface area contributed by atoms with Crippen LogP contribution in [0.1, 0.15) is 38.1 Å². The van der Waals surface area contributed by atoms with Crippen molar-refractivity contribution in [1.82, 2.24) is 9.97 Å². The zero-order chi connectivity index (χ0) is 16.5. The minimum Gasteiger partial charge on any atom is -0.370 e. The van der Waals surface area contributed by atoms with Gasteiger partial charge >= 0.3 is 0 Å². The molecule has 1 heterocycles. The molecule has 0 atom stereocenters. The molecule has 2 N–H and O–H groups in total. The van der Waals surface area contributed by atoms with E-state index < -0.39 is 0 Å². The Morgan fingerprint density at radius 3 is 2.26 bits per heavy atom. The van der Waals surface area contributed by atoms with E-state index in [-0.39, 0.29) is 0 Å². The lowest BCUT2D eigenvalue weighted by Gasteiger charge is -2.11. The van der Waals surface area contributed by atoms with Crippen LogP contribution >= 0.6 is 0 Å². The van der Waals surface area contributed by atoms with Gasteiger partial charge in [-0.3, -0.25) is 0 Å². The zero-order valence-electron chi connectivity index (χ0n) is 14.5. The zero-order valence-corrected chi connectivity index (χ0v) is 14.5. The quantitative estimate of drug-likeness (QED) is 0.678. The smallest absolute Gasteiger partial charge is 0.131 e. The molecule has 0 unspecified atom stereocenters. The van der Waals surface area contributed by atoms with Gasteiger partial charge in [-0.2, -0.15) is 0 Å². The SMILES string of the molecule is Cc1nc(NCCCc2ccccc2)cc(NCCC(C)C)n1. The molecule has 124 valence electrons. The summed E-state index contributed by atoms with van der Waals surface area (Å²) in [6.45, 7) is 8.25. The minimum absolute atomic E-state index is 0.695. The maximum Gasteiger partial charge on any atom is 0.131 e. The number of hydrogen-bond donors (Lipinski definition) is 2. The molecule has 0 fully saturated rings. The summed E-state index contributed by atoms with van der Waals surface area (Å²) in [7, 11) is 0. The van der Waals surface area contributed by atoms with Crippen LogP contribution in [0.15, 0.2) is 36.4 Å². The van der Waals surface area contributed by atoms with Gasteiger partial charge in [0.1, 0.15) is 17.5 Å². The highest BCUT2D eigenvalue weighted by Crippen LogP contribution is 2.12. The number of aryl methyl sites for hydroxylation is 2. The third-order valence-corrected chi connectivity index (χ3v) is 3.66. The molecule has 2 aromatic rings. The summed E-state index contributed by atoms with van der Waals surface area (Å²) in [4.78, 5) is 8.90. The lowest BCUT2D eigenvalue weighted by atomic mass is 10.1. The first-order valence-electron chi connectivity index (χ1n) is 8.51. The summed E-state index contributed by atoms with van der Waals surface area (Å²) in [5.41, 5.74) is 1.38. The number of hydrogen-bond acceptors (Lipinski definition) is 4. The Bertz CT molecular complexity index is 581. The number of anilines is 2. The van der Waals surface area contributed by atoms with Gasteiger partial charge in [0.05, 0.1) is 0 Å². The molecule has 2 rings (SSSR count). The maximum atomic E-state index is 4.46. The van der Waals surface area contributed by atoms with Gasteiger partial charge in [-0.15, -0.1) is 0 Å². The van der Waals surface area contributed by atoms with Gasteiger partial charge < -0.3 is 10.6 Å². The minimum atomic E-state index is 0.695. The van der Waals surface area contributed by atoms with Crippen LogP contribution in [-0.4, -0.2) is 23.1 Å². The predicted molar refractivity (Wildman–Crippen MR) is 98.0 cm³/mol. The average molecular weight is 312 g/mol. The summed E-state index contributed by atoms with van der Waals surface area (Å²) in [5.74, 6) is 3.30. The molecule has 4 nitrogen and oxygen atoms in total. The molecule has 0 spiro atoms. The highest BCUT2D eigenvalue weighted by molar-refractivity contribution is 5.47. The molecule has 0 bridgehead atoms. The Kier molecular flexibility index (Phi) is 6.85. The second-order valence-electron chi connectivity index (χ2n) is 6.31. The lowest BCUT2D eigenvalue weighted by molar-refractivity contribution is 0.606. The Hall–Kier alpha value is -2.10. The molecule has 0 aliphatic heterocycles. The highest BCUT2D eigenvalue weighted by Gasteiger charge is 2.02. The van der Waals surface area contributed by atoms with Crippen LogP contribution in [0, 0.1) is 12.8 Å². The third kappa shape index (κ3) is 6.68. The van der Waals surface area contributed by atoms with Gasteiger partial charge in [-0.25, -0.2) is 9.97 Å². The van der Waals surface area contributed by atoms with Crippen LogP contribution < -0.4 is 10.6 Å². The van der Waals surface area contributed by atoms with E-state index in [2.05, 4.69) is 64.8 Å². The number of rotatable bonds is 9. The van der Waals surface area contributed by atoms with Crippen molar-refractivity contribution in [2.24, 2.45) is 5.92 Å². The first-order chi connectivity index (χ1) is 11.1. The van der Waals surface area contributed by atoms with Gasteiger partial charge in [0.2, 0.25) is 0 Å². The fourth-order valence-corrected chi connectivity index (χ4v) is 2.39. The molecule has 0 aliphatic carbocycles. The van der Waals surface area contributed by atoms with Crippen LogP contribution in [0.2, 0.25) is 0 Å². The van der Waals surface area contributed by atoms with Crippen molar-refractivity contribution in [2.75, 3.05) is 23.7 Å². The summed E-state index contributed by atoms with van der Waals surface area (Å²) in [6, 6.07) is 12.6. The third-order valence-electron chi connectivity index (χ3n) is 3.66. The molecule has 4 heteroatoms. The van der Waals surface area contributed by atoms with E-state index in [9.17, 15) is 0 Å². The van der Waals surface area contributed by atoms with E-state index in [1.54, 1.807) is 0 Å². The second kappa shape index (κ2) is 9.13. The molecular formula is C19H28N4.